The first-order chi connectivity index (χ1) is 8.02. The predicted molar refractivity (Wildman–Crippen MR) is 69.8 cm³/mol. The second kappa shape index (κ2) is 6.77. The van der Waals surface area contributed by atoms with Crippen LogP contribution in [0.5, 0.6) is 0 Å². The largest absolute Gasteiger partial charge is 0.481 e. The van der Waals surface area contributed by atoms with Crippen LogP contribution in [0.4, 0.5) is 0 Å². The minimum Gasteiger partial charge on any atom is -0.481 e. The van der Waals surface area contributed by atoms with Gasteiger partial charge in [0.15, 0.2) is 0 Å². The zero-order valence-corrected chi connectivity index (χ0v) is 11.4. The topological polar surface area (TPSA) is 57.5 Å². The Morgan fingerprint density at radius 1 is 1.35 bits per heavy atom. The number of aliphatic hydroxyl groups excluding tert-OH is 1. The molecule has 3 nitrogen and oxygen atoms in total. The molecule has 0 bridgehead atoms. The number of halogens is 1. The van der Waals surface area contributed by atoms with Gasteiger partial charge in [0.25, 0.3) is 0 Å². The van der Waals surface area contributed by atoms with Crippen LogP contribution in [0.2, 0.25) is 0 Å². The van der Waals surface area contributed by atoms with Crippen molar-refractivity contribution in [1.82, 2.24) is 0 Å². The Balaban J connectivity index is 2.66. The summed E-state index contributed by atoms with van der Waals surface area (Å²) in [5.41, 5.74) is 1.01. The van der Waals surface area contributed by atoms with Crippen molar-refractivity contribution in [1.29, 1.82) is 0 Å². The quantitative estimate of drug-likeness (QED) is 0.849. The van der Waals surface area contributed by atoms with Gasteiger partial charge in [-0.15, -0.1) is 0 Å². The van der Waals surface area contributed by atoms with Gasteiger partial charge < -0.3 is 10.2 Å². The van der Waals surface area contributed by atoms with Gasteiger partial charge in [-0.3, -0.25) is 4.79 Å². The van der Waals surface area contributed by atoms with Gasteiger partial charge in [0.1, 0.15) is 0 Å². The molecular formula is C13H17BrO3. The summed E-state index contributed by atoms with van der Waals surface area (Å²) < 4.78 is 0.983. The molecule has 0 saturated heterocycles. The lowest BCUT2D eigenvalue weighted by Crippen LogP contribution is -2.20. The number of carboxylic acids is 1. The van der Waals surface area contributed by atoms with Crippen molar-refractivity contribution < 1.29 is 15.0 Å². The maximum absolute atomic E-state index is 11.1. The third kappa shape index (κ3) is 4.88. The van der Waals surface area contributed by atoms with Gasteiger partial charge >= 0.3 is 5.97 Å². The summed E-state index contributed by atoms with van der Waals surface area (Å²) in [6, 6.07) is 7.65. The lowest BCUT2D eigenvalue weighted by Gasteiger charge is -2.16. The van der Waals surface area contributed by atoms with E-state index in [4.69, 9.17) is 10.2 Å². The summed E-state index contributed by atoms with van der Waals surface area (Å²) in [4.78, 5) is 11.1. The minimum atomic E-state index is -0.798. The highest BCUT2D eigenvalue weighted by molar-refractivity contribution is 9.10. The van der Waals surface area contributed by atoms with Crippen molar-refractivity contribution in [3.8, 4) is 0 Å². The van der Waals surface area contributed by atoms with Crippen LogP contribution in [0.1, 0.15) is 18.9 Å². The average Bonchev–Trinajstić information content (AvgIpc) is 2.30. The fourth-order valence-electron chi connectivity index (χ4n) is 1.74. The van der Waals surface area contributed by atoms with E-state index in [0.717, 1.165) is 10.0 Å². The van der Waals surface area contributed by atoms with E-state index in [-0.39, 0.29) is 12.5 Å². The Bertz CT molecular complexity index is 361. The first kappa shape index (κ1) is 14.2. The van der Waals surface area contributed by atoms with Crippen molar-refractivity contribution in [3.63, 3.8) is 0 Å². The van der Waals surface area contributed by atoms with Crippen LogP contribution in [0.25, 0.3) is 0 Å². The fraction of sp³-hybridized carbons (Fsp3) is 0.462. The van der Waals surface area contributed by atoms with Crippen LogP contribution < -0.4 is 0 Å². The molecule has 2 N–H and O–H groups in total. The van der Waals surface area contributed by atoms with Crippen LogP contribution >= 0.6 is 15.9 Å². The van der Waals surface area contributed by atoms with Crippen molar-refractivity contribution in [2.75, 3.05) is 6.61 Å². The molecule has 0 spiro atoms. The van der Waals surface area contributed by atoms with E-state index in [0.29, 0.717) is 12.8 Å². The summed E-state index contributed by atoms with van der Waals surface area (Å²) in [6.07, 6.45) is 1.01. The van der Waals surface area contributed by atoms with Crippen molar-refractivity contribution in [3.05, 3.63) is 34.3 Å². The molecule has 0 aliphatic heterocycles. The van der Waals surface area contributed by atoms with Crippen LogP contribution in [0, 0.1) is 11.8 Å². The molecule has 0 fully saturated rings. The first-order valence-electron chi connectivity index (χ1n) is 5.61. The third-order valence-electron chi connectivity index (χ3n) is 2.74. The number of carboxylic acid groups (broad SMARTS) is 1. The third-order valence-corrected chi connectivity index (χ3v) is 3.27. The average molecular weight is 301 g/mol. The summed E-state index contributed by atoms with van der Waals surface area (Å²) in [6.45, 7) is 1.89. The Hall–Kier alpha value is -0.870. The molecule has 0 heterocycles. The molecule has 0 aromatic heterocycles. The number of benzene rings is 1. The SMILES string of the molecule is CC(CO)CC(Cc1ccc(Br)cc1)C(=O)O. The molecule has 2 atom stereocenters. The Kier molecular flexibility index (Phi) is 5.65. The lowest BCUT2D eigenvalue weighted by atomic mass is 9.90. The van der Waals surface area contributed by atoms with E-state index in [2.05, 4.69) is 15.9 Å². The summed E-state index contributed by atoms with van der Waals surface area (Å²) in [5, 5.41) is 18.1. The van der Waals surface area contributed by atoms with E-state index >= 15 is 0 Å². The van der Waals surface area contributed by atoms with E-state index in [1.165, 1.54) is 0 Å². The molecule has 0 amide bonds. The Labute approximate surface area is 110 Å². The molecule has 0 aliphatic carbocycles. The van der Waals surface area contributed by atoms with Crippen molar-refractivity contribution in [2.45, 2.75) is 19.8 Å². The lowest BCUT2D eigenvalue weighted by molar-refractivity contribution is -0.142. The van der Waals surface area contributed by atoms with Crippen molar-refractivity contribution in [2.24, 2.45) is 11.8 Å². The highest BCUT2D eigenvalue weighted by Crippen LogP contribution is 2.19. The second-order valence-electron chi connectivity index (χ2n) is 4.39. The normalized spacial score (nSPS) is 14.3. The second-order valence-corrected chi connectivity index (χ2v) is 5.30. The Morgan fingerprint density at radius 2 is 1.94 bits per heavy atom. The number of rotatable bonds is 6. The number of hydrogen-bond donors (Lipinski definition) is 2. The van der Waals surface area contributed by atoms with Crippen LogP contribution in [-0.4, -0.2) is 22.8 Å². The Morgan fingerprint density at radius 3 is 2.41 bits per heavy atom. The molecule has 94 valence electrons. The van der Waals surface area contributed by atoms with Gasteiger partial charge in [-0.25, -0.2) is 0 Å². The van der Waals surface area contributed by atoms with E-state index in [1.54, 1.807) is 0 Å². The molecule has 0 saturated carbocycles. The standard InChI is InChI=1S/C13H17BrO3/c1-9(8-15)6-11(13(16)17)7-10-2-4-12(14)5-3-10/h2-5,9,11,15H,6-8H2,1H3,(H,16,17). The summed E-state index contributed by atoms with van der Waals surface area (Å²) >= 11 is 3.34. The molecule has 17 heavy (non-hydrogen) atoms. The van der Waals surface area contributed by atoms with Gasteiger partial charge in [-0.1, -0.05) is 35.0 Å². The summed E-state index contributed by atoms with van der Waals surface area (Å²) in [5.74, 6) is -1.21. The van der Waals surface area contributed by atoms with E-state index < -0.39 is 11.9 Å². The van der Waals surface area contributed by atoms with E-state index in [1.807, 2.05) is 31.2 Å². The zero-order valence-electron chi connectivity index (χ0n) is 9.77. The zero-order chi connectivity index (χ0) is 12.8. The van der Waals surface area contributed by atoms with Gasteiger partial charge in [-0.2, -0.15) is 0 Å². The van der Waals surface area contributed by atoms with Crippen LogP contribution in [-0.2, 0) is 11.2 Å². The number of aliphatic carboxylic acids is 1. The van der Waals surface area contributed by atoms with Gasteiger partial charge in [-0.05, 0) is 36.5 Å². The number of aliphatic hydroxyl groups is 1. The monoisotopic (exact) mass is 300 g/mol. The first-order valence-corrected chi connectivity index (χ1v) is 6.40. The highest BCUT2D eigenvalue weighted by Gasteiger charge is 2.20. The maximum Gasteiger partial charge on any atom is 0.306 e. The predicted octanol–water partition coefficient (Wildman–Crippen LogP) is 2.71. The molecule has 0 aliphatic rings. The molecule has 2 unspecified atom stereocenters. The molecular weight excluding hydrogens is 284 g/mol. The summed E-state index contributed by atoms with van der Waals surface area (Å²) in [7, 11) is 0. The highest BCUT2D eigenvalue weighted by atomic mass is 79.9. The number of carbonyl (C=O) groups is 1. The fourth-order valence-corrected chi connectivity index (χ4v) is 2.00. The van der Waals surface area contributed by atoms with Crippen molar-refractivity contribution >= 4 is 21.9 Å². The smallest absolute Gasteiger partial charge is 0.306 e. The van der Waals surface area contributed by atoms with Gasteiger partial charge in [0.2, 0.25) is 0 Å². The molecule has 1 aromatic carbocycles. The van der Waals surface area contributed by atoms with Gasteiger partial charge in [0, 0.05) is 11.1 Å². The van der Waals surface area contributed by atoms with Crippen LogP contribution in [0.3, 0.4) is 0 Å². The molecule has 1 rings (SSSR count). The molecule has 4 heteroatoms. The van der Waals surface area contributed by atoms with Crippen LogP contribution in [0.15, 0.2) is 28.7 Å². The van der Waals surface area contributed by atoms with E-state index in [9.17, 15) is 4.79 Å². The minimum absolute atomic E-state index is 0.0200. The maximum atomic E-state index is 11.1. The molecule has 1 aromatic rings. The number of hydrogen-bond acceptors (Lipinski definition) is 2. The van der Waals surface area contributed by atoms with Gasteiger partial charge in [0.05, 0.1) is 5.92 Å². The molecule has 0 radical (unpaired) electrons.